The highest BCUT2D eigenvalue weighted by Crippen LogP contribution is 2.37. The number of rotatable bonds is 9. The van der Waals surface area contributed by atoms with Gasteiger partial charge in [0, 0.05) is 52.2 Å². The third kappa shape index (κ3) is 6.95. The summed E-state index contributed by atoms with van der Waals surface area (Å²) in [7, 11) is 5.26. The van der Waals surface area contributed by atoms with Gasteiger partial charge in [0.2, 0.25) is 0 Å². The smallest absolute Gasteiger partial charge is 0.317 e. The van der Waals surface area contributed by atoms with Crippen LogP contribution in [0.5, 0.6) is 5.75 Å². The second-order valence-corrected chi connectivity index (χ2v) is 10.7. The molecule has 2 amide bonds. The largest absolute Gasteiger partial charge is 0.495 e. The number of amides is 2. The van der Waals surface area contributed by atoms with Crippen molar-refractivity contribution in [1.29, 1.82) is 0 Å². The molecule has 0 aromatic heterocycles. The highest BCUT2D eigenvalue weighted by molar-refractivity contribution is 5.74. The van der Waals surface area contributed by atoms with Crippen molar-refractivity contribution in [3.8, 4) is 5.75 Å². The van der Waals surface area contributed by atoms with Crippen LogP contribution in [0.15, 0.2) is 48.5 Å². The maximum Gasteiger partial charge on any atom is 0.317 e. The number of hydrogen-bond acceptors (Lipinski definition) is 4. The zero-order valence-corrected chi connectivity index (χ0v) is 22.7. The number of methoxy groups -OCH3 is 1. The highest BCUT2D eigenvalue weighted by atomic mass is 19.1. The quantitative estimate of drug-likeness (QED) is 0.494. The SMILES string of the molecule is COc1ccccc1N1CCN(CC[C@H](c2ccccc2F)[C@@H](NC(=O)N(C)C)C2CCCCC2)CC1. The fourth-order valence-electron chi connectivity index (χ4n) is 6.04. The molecule has 2 atom stereocenters. The number of halogens is 1. The molecule has 6 nitrogen and oxygen atoms in total. The van der Waals surface area contributed by atoms with Crippen molar-refractivity contribution in [3.05, 3.63) is 59.9 Å². The molecule has 37 heavy (non-hydrogen) atoms. The molecule has 2 aliphatic rings. The lowest BCUT2D eigenvalue weighted by Gasteiger charge is -2.40. The Hall–Kier alpha value is -2.80. The van der Waals surface area contributed by atoms with Crippen LogP contribution in [0.3, 0.4) is 0 Å². The summed E-state index contributed by atoms with van der Waals surface area (Å²) in [6.07, 6.45) is 6.57. The van der Waals surface area contributed by atoms with E-state index in [2.05, 4.69) is 27.2 Å². The van der Waals surface area contributed by atoms with Crippen LogP contribution in [0, 0.1) is 11.7 Å². The normalized spacial score (nSPS) is 18.8. The molecule has 202 valence electrons. The molecule has 7 heteroatoms. The molecule has 1 saturated heterocycles. The summed E-state index contributed by atoms with van der Waals surface area (Å²) in [5, 5.41) is 3.32. The van der Waals surface area contributed by atoms with Crippen molar-refractivity contribution < 1.29 is 13.9 Å². The summed E-state index contributed by atoms with van der Waals surface area (Å²) in [5.41, 5.74) is 1.86. The molecule has 2 aromatic rings. The van der Waals surface area contributed by atoms with Gasteiger partial charge in [0.25, 0.3) is 0 Å². The van der Waals surface area contributed by atoms with Gasteiger partial charge in [-0.05, 0) is 55.5 Å². The van der Waals surface area contributed by atoms with Gasteiger partial charge in [0.15, 0.2) is 0 Å². The number of piperazine rings is 1. The molecule has 1 heterocycles. The molecular weight excluding hydrogens is 467 g/mol. The van der Waals surface area contributed by atoms with Crippen LogP contribution in [-0.4, -0.2) is 75.8 Å². The van der Waals surface area contributed by atoms with Gasteiger partial charge >= 0.3 is 6.03 Å². The van der Waals surface area contributed by atoms with Crippen molar-refractivity contribution >= 4 is 11.7 Å². The van der Waals surface area contributed by atoms with Crippen molar-refractivity contribution in [2.75, 3.05) is 58.8 Å². The molecule has 0 bridgehead atoms. The highest BCUT2D eigenvalue weighted by Gasteiger charge is 2.35. The molecule has 1 aliphatic carbocycles. The van der Waals surface area contributed by atoms with Crippen LogP contribution in [0.25, 0.3) is 0 Å². The molecule has 1 N–H and O–H groups in total. The standard InChI is InChI=1S/C30H43FN4O2/c1-33(2)30(36)32-29(23-11-5-4-6-12-23)25(24-13-7-8-14-26(24)31)17-18-34-19-21-35(22-20-34)27-15-9-10-16-28(27)37-3/h7-10,13-16,23,25,29H,4-6,11-12,17-22H2,1-3H3,(H,32,36)/t25-,29+/m1/s1. The maximum absolute atomic E-state index is 15.2. The minimum atomic E-state index is -0.173. The van der Waals surface area contributed by atoms with E-state index in [0.29, 0.717) is 5.92 Å². The number of para-hydroxylation sites is 2. The summed E-state index contributed by atoms with van der Waals surface area (Å²) in [6, 6.07) is 15.1. The second kappa shape index (κ2) is 13.1. The molecular formula is C30H43FN4O2. The lowest BCUT2D eigenvalue weighted by Crippen LogP contribution is -2.50. The number of nitrogens with one attached hydrogen (secondary N) is 1. The monoisotopic (exact) mass is 510 g/mol. The molecule has 2 aromatic carbocycles. The number of anilines is 1. The van der Waals surface area contributed by atoms with Gasteiger partial charge in [-0.25, -0.2) is 9.18 Å². The van der Waals surface area contributed by atoms with E-state index in [1.807, 2.05) is 24.3 Å². The zero-order valence-electron chi connectivity index (χ0n) is 22.7. The summed E-state index contributed by atoms with van der Waals surface area (Å²) in [6.45, 7) is 4.61. The Kier molecular flexibility index (Phi) is 9.67. The third-order valence-electron chi connectivity index (χ3n) is 8.15. The van der Waals surface area contributed by atoms with E-state index in [9.17, 15) is 4.79 Å². The number of nitrogens with zero attached hydrogens (tertiary/aromatic N) is 3. The lowest BCUT2D eigenvalue weighted by molar-refractivity contribution is 0.181. The van der Waals surface area contributed by atoms with Gasteiger partial charge in [-0.3, -0.25) is 4.90 Å². The summed E-state index contributed by atoms with van der Waals surface area (Å²) >= 11 is 0. The zero-order chi connectivity index (χ0) is 26.2. The maximum atomic E-state index is 15.2. The van der Waals surface area contributed by atoms with E-state index >= 15 is 4.39 Å². The summed E-state index contributed by atoms with van der Waals surface area (Å²) in [5.74, 6) is 1.03. The molecule has 0 unspecified atom stereocenters. The van der Waals surface area contributed by atoms with E-state index < -0.39 is 0 Å². The third-order valence-corrected chi connectivity index (χ3v) is 8.15. The van der Waals surface area contributed by atoms with Crippen molar-refractivity contribution in [1.82, 2.24) is 15.1 Å². The molecule has 1 saturated carbocycles. The Morgan fingerprint density at radius 3 is 2.38 bits per heavy atom. The number of ether oxygens (including phenoxy) is 1. The lowest BCUT2D eigenvalue weighted by atomic mass is 9.75. The van der Waals surface area contributed by atoms with Crippen LogP contribution < -0.4 is 15.0 Å². The van der Waals surface area contributed by atoms with Crippen molar-refractivity contribution in [2.45, 2.75) is 50.5 Å². The van der Waals surface area contributed by atoms with Crippen LogP contribution in [0.4, 0.5) is 14.9 Å². The van der Waals surface area contributed by atoms with E-state index in [4.69, 9.17) is 4.74 Å². The van der Waals surface area contributed by atoms with Crippen LogP contribution >= 0.6 is 0 Å². The average molecular weight is 511 g/mol. The van der Waals surface area contributed by atoms with E-state index in [-0.39, 0.29) is 23.8 Å². The van der Waals surface area contributed by atoms with Gasteiger partial charge in [0.1, 0.15) is 11.6 Å². The second-order valence-electron chi connectivity index (χ2n) is 10.7. The van der Waals surface area contributed by atoms with Gasteiger partial charge in [-0.1, -0.05) is 49.6 Å². The topological polar surface area (TPSA) is 48.1 Å². The van der Waals surface area contributed by atoms with Crippen LogP contribution in [0.1, 0.15) is 50.0 Å². The molecule has 4 rings (SSSR count). The Balaban J connectivity index is 1.48. The summed E-state index contributed by atoms with van der Waals surface area (Å²) < 4.78 is 20.8. The first-order valence-electron chi connectivity index (χ1n) is 13.8. The van der Waals surface area contributed by atoms with Gasteiger partial charge in [-0.15, -0.1) is 0 Å². The van der Waals surface area contributed by atoms with E-state index in [1.54, 1.807) is 38.2 Å². The minimum Gasteiger partial charge on any atom is -0.495 e. The molecule has 1 aliphatic heterocycles. The molecule has 2 fully saturated rings. The molecule has 0 radical (unpaired) electrons. The fraction of sp³-hybridized carbons (Fsp3) is 0.567. The van der Waals surface area contributed by atoms with Crippen molar-refractivity contribution in [2.24, 2.45) is 5.92 Å². The number of benzene rings is 2. The fourth-order valence-corrected chi connectivity index (χ4v) is 6.04. The first-order valence-corrected chi connectivity index (χ1v) is 13.8. The first kappa shape index (κ1) is 27.2. The van der Waals surface area contributed by atoms with Gasteiger partial charge in [0.05, 0.1) is 12.8 Å². The van der Waals surface area contributed by atoms with Crippen molar-refractivity contribution in [3.63, 3.8) is 0 Å². The van der Waals surface area contributed by atoms with E-state index in [1.165, 1.54) is 19.3 Å². The number of urea groups is 1. The predicted octanol–water partition coefficient (Wildman–Crippen LogP) is 5.35. The predicted molar refractivity (Wildman–Crippen MR) is 148 cm³/mol. The first-order chi connectivity index (χ1) is 18.0. The number of hydrogen-bond donors (Lipinski definition) is 1. The van der Waals surface area contributed by atoms with Gasteiger partial charge in [-0.2, -0.15) is 0 Å². The number of carbonyl (C=O) groups excluding carboxylic acids is 1. The van der Waals surface area contributed by atoms with Crippen LogP contribution in [0.2, 0.25) is 0 Å². The Labute approximate surface area is 221 Å². The van der Waals surface area contributed by atoms with E-state index in [0.717, 1.165) is 69.0 Å². The Bertz CT molecular complexity index is 1000. The van der Waals surface area contributed by atoms with Gasteiger partial charge < -0.3 is 19.9 Å². The Morgan fingerprint density at radius 2 is 1.70 bits per heavy atom. The Morgan fingerprint density at radius 1 is 1.03 bits per heavy atom. The summed E-state index contributed by atoms with van der Waals surface area (Å²) in [4.78, 5) is 19.3. The average Bonchev–Trinajstić information content (AvgIpc) is 2.94. The molecule has 0 spiro atoms. The van der Waals surface area contributed by atoms with Crippen LogP contribution in [-0.2, 0) is 0 Å². The minimum absolute atomic E-state index is 0.0690. The number of carbonyl (C=O) groups is 1.